The van der Waals surface area contributed by atoms with E-state index in [0.29, 0.717) is 6.04 Å². The fraction of sp³-hybridized carbons (Fsp3) is 0.923. The summed E-state index contributed by atoms with van der Waals surface area (Å²) in [6, 6.07) is 0.282. The van der Waals surface area contributed by atoms with Crippen LogP contribution in [0.3, 0.4) is 0 Å². The topological polar surface area (TPSA) is 76.8 Å². The molecule has 19 heavy (non-hydrogen) atoms. The zero-order valence-electron chi connectivity index (χ0n) is 11.8. The molecule has 1 aliphatic carbocycles. The van der Waals surface area contributed by atoms with Crippen molar-refractivity contribution in [3.05, 3.63) is 0 Å². The van der Waals surface area contributed by atoms with Crippen LogP contribution in [-0.4, -0.2) is 69.0 Å². The Morgan fingerprint density at radius 1 is 1.32 bits per heavy atom. The first-order valence-corrected chi connectivity index (χ1v) is 6.97. The van der Waals surface area contributed by atoms with Gasteiger partial charge in [0.1, 0.15) is 0 Å². The average Bonchev–Trinajstić information content (AvgIpc) is 3.12. The smallest absolute Gasteiger partial charge is 0.234 e. The molecule has 0 radical (unpaired) electrons. The third-order valence-corrected chi connectivity index (χ3v) is 3.99. The fourth-order valence-corrected chi connectivity index (χ4v) is 2.61. The molecule has 3 unspecified atom stereocenters. The number of hydrogen-bond donors (Lipinski definition) is 2. The molecular formula is C13H25N3O3. The van der Waals surface area contributed by atoms with Gasteiger partial charge in [0.05, 0.1) is 18.2 Å². The largest absolute Gasteiger partial charge is 0.377 e. The maximum absolute atomic E-state index is 11.4. The first-order chi connectivity index (χ1) is 9.13. The summed E-state index contributed by atoms with van der Waals surface area (Å²) in [5.74, 6) is -0.252. The van der Waals surface area contributed by atoms with Crippen LogP contribution in [0.15, 0.2) is 0 Å². The van der Waals surface area contributed by atoms with Gasteiger partial charge in [0.2, 0.25) is 5.91 Å². The maximum Gasteiger partial charge on any atom is 0.234 e. The van der Waals surface area contributed by atoms with Crippen LogP contribution >= 0.6 is 0 Å². The summed E-state index contributed by atoms with van der Waals surface area (Å²) in [4.78, 5) is 13.7. The molecule has 6 heteroatoms. The first-order valence-electron chi connectivity index (χ1n) is 6.97. The SMILES string of the molecule is COC1CN(CCC(NC2CC2)C(N)=O)CC1OC. The van der Waals surface area contributed by atoms with Crippen molar-refractivity contribution in [2.45, 2.75) is 43.6 Å². The van der Waals surface area contributed by atoms with Gasteiger partial charge in [-0.25, -0.2) is 0 Å². The van der Waals surface area contributed by atoms with Crippen LogP contribution in [0.4, 0.5) is 0 Å². The number of carbonyl (C=O) groups is 1. The normalized spacial score (nSPS) is 29.6. The Labute approximate surface area is 114 Å². The van der Waals surface area contributed by atoms with Crippen LogP contribution in [0.1, 0.15) is 19.3 Å². The van der Waals surface area contributed by atoms with Crippen molar-refractivity contribution < 1.29 is 14.3 Å². The number of rotatable bonds is 8. The van der Waals surface area contributed by atoms with Gasteiger partial charge in [-0.3, -0.25) is 9.69 Å². The number of ether oxygens (including phenoxy) is 2. The molecule has 2 aliphatic rings. The van der Waals surface area contributed by atoms with Crippen molar-refractivity contribution in [1.82, 2.24) is 10.2 Å². The van der Waals surface area contributed by atoms with E-state index >= 15 is 0 Å². The molecule has 0 aromatic rings. The lowest BCUT2D eigenvalue weighted by molar-refractivity contribution is -0.120. The van der Waals surface area contributed by atoms with Gasteiger partial charge in [0.15, 0.2) is 0 Å². The van der Waals surface area contributed by atoms with Crippen molar-refractivity contribution in [2.75, 3.05) is 33.9 Å². The number of nitrogens with one attached hydrogen (secondary N) is 1. The minimum Gasteiger partial charge on any atom is -0.377 e. The van der Waals surface area contributed by atoms with Crippen molar-refractivity contribution >= 4 is 5.91 Å². The van der Waals surface area contributed by atoms with E-state index in [-0.39, 0.29) is 24.2 Å². The minimum absolute atomic E-state index is 0.119. The molecule has 2 fully saturated rings. The molecule has 1 saturated heterocycles. The third kappa shape index (κ3) is 4.14. The summed E-state index contributed by atoms with van der Waals surface area (Å²) in [6.07, 6.45) is 3.30. The van der Waals surface area contributed by atoms with E-state index in [4.69, 9.17) is 15.2 Å². The zero-order valence-corrected chi connectivity index (χ0v) is 11.8. The lowest BCUT2D eigenvalue weighted by Crippen LogP contribution is -2.44. The standard InChI is InChI=1S/C13H25N3O3/c1-18-11-7-16(8-12(11)19-2)6-5-10(13(14)17)15-9-3-4-9/h9-12,15H,3-8H2,1-2H3,(H2,14,17). The zero-order chi connectivity index (χ0) is 13.8. The van der Waals surface area contributed by atoms with Crippen molar-refractivity contribution in [3.8, 4) is 0 Å². The summed E-state index contributed by atoms with van der Waals surface area (Å²) < 4.78 is 10.8. The summed E-state index contributed by atoms with van der Waals surface area (Å²) in [7, 11) is 3.42. The van der Waals surface area contributed by atoms with Crippen molar-refractivity contribution in [1.29, 1.82) is 0 Å². The monoisotopic (exact) mass is 271 g/mol. The van der Waals surface area contributed by atoms with E-state index in [1.54, 1.807) is 14.2 Å². The molecule has 0 spiro atoms. The first kappa shape index (κ1) is 14.7. The van der Waals surface area contributed by atoms with E-state index < -0.39 is 0 Å². The number of nitrogens with zero attached hydrogens (tertiary/aromatic N) is 1. The Hall–Kier alpha value is -0.690. The van der Waals surface area contributed by atoms with Crippen molar-refractivity contribution in [2.24, 2.45) is 5.73 Å². The second kappa shape index (κ2) is 6.65. The fourth-order valence-electron chi connectivity index (χ4n) is 2.61. The average molecular weight is 271 g/mol. The Kier molecular flexibility index (Phi) is 5.15. The molecule has 0 aromatic heterocycles. The maximum atomic E-state index is 11.4. The summed E-state index contributed by atoms with van der Waals surface area (Å²) in [5, 5.41) is 3.30. The number of methoxy groups -OCH3 is 2. The summed E-state index contributed by atoms with van der Waals surface area (Å²) in [5.41, 5.74) is 5.44. The van der Waals surface area contributed by atoms with Gasteiger partial charge < -0.3 is 20.5 Å². The molecule has 1 heterocycles. The highest BCUT2D eigenvalue weighted by Crippen LogP contribution is 2.20. The summed E-state index contributed by atoms with van der Waals surface area (Å²) in [6.45, 7) is 2.54. The van der Waals surface area contributed by atoms with Gasteiger partial charge in [-0.1, -0.05) is 0 Å². The van der Waals surface area contributed by atoms with E-state index in [1.165, 1.54) is 0 Å². The van der Waals surface area contributed by atoms with Crippen LogP contribution in [0.5, 0.6) is 0 Å². The van der Waals surface area contributed by atoms with E-state index in [2.05, 4.69) is 10.2 Å². The molecule has 0 aromatic carbocycles. The van der Waals surface area contributed by atoms with Crippen LogP contribution in [0, 0.1) is 0 Å². The molecule has 6 nitrogen and oxygen atoms in total. The van der Waals surface area contributed by atoms with E-state index in [0.717, 1.165) is 38.9 Å². The highest BCUT2D eigenvalue weighted by molar-refractivity contribution is 5.79. The number of amides is 1. The number of nitrogens with two attached hydrogens (primary N) is 1. The van der Waals surface area contributed by atoms with Gasteiger partial charge in [0, 0.05) is 39.9 Å². The van der Waals surface area contributed by atoms with E-state index in [1.807, 2.05) is 0 Å². The molecule has 3 atom stereocenters. The lowest BCUT2D eigenvalue weighted by Gasteiger charge is -2.20. The minimum atomic E-state index is -0.252. The van der Waals surface area contributed by atoms with Crippen LogP contribution in [0.2, 0.25) is 0 Å². The third-order valence-electron chi connectivity index (χ3n) is 3.99. The molecular weight excluding hydrogens is 246 g/mol. The van der Waals surface area contributed by atoms with Gasteiger partial charge in [0.25, 0.3) is 0 Å². The second-order valence-corrected chi connectivity index (χ2v) is 5.49. The Morgan fingerprint density at radius 3 is 2.32 bits per heavy atom. The highest BCUT2D eigenvalue weighted by atomic mass is 16.5. The number of carbonyl (C=O) groups excluding carboxylic acids is 1. The number of primary amides is 1. The van der Waals surface area contributed by atoms with Gasteiger partial charge >= 0.3 is 0 Å². The Balaban J connectivity index is 1.75. The molecule has 1 aliphatic heterocycles. The highest BCUT2D eigenvalue weighted by Gasteiger charge is 2.34. The molecule has 3 N–H and O–H groups in total. The summed E-state index contributed by atoms with van der Waals surface area (Å²) >= 11 is 0. The van der Waals surface area contributed by atoms with Gasteiger partial charge in [-0.05, 0) is 19.3 Å². The Morgan fingerprint density at radius 2 is 1.89 bits per heavy atom. The molecule has 0 bridgehead atoms. The van der Waals surface area contributed by atoms with Crippen LogP contribution < -0.4 is 11.1 Å². The molecule has 2 rings (SSSR count). The Bertz CT molecular complexity index is 298. The predicted molar refractivity (Wildman–Crippen MR) is 71.8 cm³/mol. The van der Waals surface area contributed by atoms with Gasteiger partial charge in [-0.15, -0.1) is 0 Å². The molecule has 1 amide bonds. The van der Waals surface area contributed by atoms with Crippen molar-refractivity contribution in [3.63, 3.8) is 0 Å². The predicted octanol–water partition coefficient (Wildman–Crippen LogP) is -0.672. The van der Waals surface area contributed by atoms with E-state index in [9.17, 15) is 4.79 Å². The van der Waals surface area contributed by atoms with Gasteiger partial charge in [-0.2, -0.15) is 0 Å². The van der Waals surface area contributed by atoms with Crippen LogP contribution in [-0.2, 0) is 14.3 Å². The molecule has 110 valence electrons. The van der Waals surface area contributed by atoms with Crippen LogP contribution in [0.25, 0.3) is 0 Å². The number of hydrogen-bond acceptors (Lipinski definition) is 5. The second-order valence-electron chi connectivity index (χ2n) is 5.49. The number of likely N-dealkylation sites (tertiary alicyclic amines) is 1. The molecule has 1 saturated carbocycles. The lowest BCUT2D eigenvalue weighted by atomic mass is 10.2. The quantitative estimate of drug-likeness (QED) is 0.612.